The molecular weight excluding hydrogens is 466 g/mol. The van der Waals surface area contributed by atoms with Gasteiger partial charge in [-0.05, 0) is 49.3 Å². The molecule has 0 bridgehead atoms. The molecule has 2 aromatic carbocycles. The third-order valence-corrected chi connectivity index (χ3v) is 8.19. The van der Waals surface area contributed by atoms with Gasteiger partial charge in [0.15, 0.2) is 0 Å². The smallest absolute Gasteiger partial charge is 0.252 e. The number of hydrogen-bond donors (Lipinski definition) is 1. The van der Waals surface area contributed by atoms with Crippen LogP contribution in [0.5, 0.6) is 0 Å². The first-order valence-electron chi connectivity index (χ1n) is 9.98. The van der Waals surface area contributed by atoms with Crippen LogP contribution >= 0.6 is 22.9 Å². The largest absolute Gasteiger partial charge is 0.350 e. The van der Waals surface area contributed by atoms with E-state index in [-0.39, 0.29) is 28.1 Å². The SMILES string of the molecule is CN(C)C(CNC(=O)c1cc(S(=O)(=O)N(C)Cc2ccccc2)ccc1Cl)c1cccs1. The predicted octanol–water partition coefficient (Wildman–Crippen LogP) is 4.25. The lowest BCUT2D eigenvalue weighted by Crippen LogP contribution is -2.34. The number of rotatable bonds is 9. The monoisotopic (exact) mass is 491 g/mol. The van der Waals surface area contributed by atoms with Gasteiger partial charge in [-0.15, -0.1) is 11.3 Å². The summed E-state index contributed by atoms with van der Waals surface area (Å²) in [5.41, 5.74) is 0.998. The molecule has 1 unspecified atom stereocenters. The predicted molar refractivity (Wildman–Crippen MR) is 130 cm³/mol. The lowest BCUT2D eigenvalue weighted by Gasteiger charge is -2.23. The second kappa shape index (κ2) is 10.6. The van der Waals surface area contributed by atoms with E-state index in [4.69, 9.17) is 11.6 Å². The van der Waals surface area contributed by atoms with Crippen molar-refractivity contribution in [1.82, 2.24) is 14.5 Å². The van der Waals surface area contributed by atoms with Gasteiger partial charge in [0, 0.05) is 25.0 Å². The van der Waals surface area contributed by atoms with Crippen molar-refractivity contribution in [3.05, 3.63) is 87.1 Å². The van der Waals surface area contributed by atoms with Crippen molar-refractivity contribution in [2.75, 3.05) is 27.7 Å². The standard InChI is InChI=1S/C23H26ClN3O3S2/c1-26(2)21(22-10-7-13-31-22)15-25-23(28)19-14-18(11-12-20(19)24)32(29,30)27(3)16-17-8-5-4-6-9-17/h4-14,21H,15-16H2,1-3H3,(H,25,28). The molecule has 3 rings (SSSR count). The molecule has 1 aromatic heterocycles. The summed E-state index contributed by atoms with van der Waals surface area (Å²) in [5, 5.41) is 5.08. The summed E-state index contributed by atoms with van der Waals surface area (Å²) >= 11 is 7.87. The number of carbonyl (C=O) groups is 1. The minimum absolute atomic E-state index is 0.00152. The number of carbonyl (C=O) groups excluding carboxylic acids is 1. The van der Waals surface area contributed by atoms with E-state index in [0.29, 0.717) is 6.54 Å². The first kappa shape index (κ1) is 24.4. The summed E-state index contributed by atoms with van der Waals surface area (Å²) in [6.07, 6.45) is 0. The molecule has 0 saturated heterocycles. The van der Waals surface area contributed by atoms with Gasteiger partial charge in [0.1, 0.15) is 0 Å². The quantitative estimate of drug-likeness (QED) is 0.485. The molecular formula is C23H26ClN3O3S2. The topological polar surface area (TPSA) is 69.7 Å². The molecule has 0 aliphatic rings. The van der Waals surface area contributed by atoms with Crippen LogP contribution in [0.1, 0.15) is 26.8 Å². The summed E-state index contributed by atoms with van der Waals surface area (Å²) < 4.78 is 27.4. The number of halogens is 1. The fraction of sp³-hybridized carbons (Fsp3) is 0.261. The van der Waals surface area contributed by atoms with Crippen LogP contribution in [0, 0.1) is 0 Å². The zero-order valence-corrected chi connectivity index (χ0v) is 20.5. The van der Waals surface area contributed by atoms with Gasteiger partial charge in [-0.1, -0.05) is 48.0 Å². The van der Waals surface area contributed by atoms with E-state index in [2.05, 4.69) is 5.32 Å². The number of hydrogen-bond acceptors (Lipinski definition) is 5. The average molecular weight is 492 g/mol. The fourth-order valence-corrected chi connectivity index (χ4v) is 5.56. The number of nitrogens with zero attached hydrogens (tertiary/aromatic N) is 2. The molecule has 0 aliphatic carbocycles. The third-order valence-electron chi connectivity index (χ3n) is 5.09. The Bertz CT molecular complexity index is 1150. The van der Waals surface area contributed by atoms with Gasteiger partial charge < -0.3 is 10.2 Å². The van der Waals surface area contributed by atoms with Crippen LogP contribution < -0.4 is 5.32 Å². The van der Waals surface area contributed by atoms with Gasteiger partial charge >= 0.3 is 0 Å². The van der Waals surface area contributed by atoms with Gasteiger partial charge in [-0.2, -0.15) is 4.31 Å². The van der Waals surface area contributed by atoms with Crippen molar-refractivity contribution < 1.29 is 13.2 Å². The van der Waals surface area contributed by atoms with Crippen LogP contribution in [0.3, 0.4) is 0 Å². The molecule has 3 aromatic rings. The zero-order chi connectivity index (χ0) is 23.3. The number of likely N-dealkylation sites (N-methyl/N-ethyl adjacent to an activating group) is 1. The van der Waals surface area contributed by atoms with Crippen LogP contribution in [0.2, 0.25) is 5.02 Å². The number of benzene rings is 2. The molecule has 0 spiro atoms. The van der Waals surface area contributed by atoms with Crippen LogP contribution in [-0.4, -0.2) is 51.2 Å². The molecule has 170 valence electrons. The number of thiophene rings is 1. The van der Waals surface area contributed by atoms with Gasteiger partial charge in [-0.25, -0.2) is 8.42 Å². The summed E-state index contributed by atoms with van der Waals surface area (Å²) in [6.45, 7) is 0.590. The van der Waals surface area contributed by atoms with Crippen LogP contribution in [0.15, 0.2) is 70.9 Å². The van der Waals surface area contributed by atoms with Gasteiger partial charge in [-0.3, -0.25) is 4.79 Å². The van der Waals surface area contributed by atoms with Gasteiger partial charge in [0.2, 0.25) is 10.0 Å². The molecule has 0 fully saturated rings. The highest BCUT2D eigenvalue weighted by atomic mass is 35.5. The maximum Gasteiger partial charge on any atom is 0.252 e. The maximum atomic E-state index is 13.1. The molecule has 1 N–H and O–H groups in total. The highest BCUT2D eigenvalue weighted by Crippen LogP contribution is 2.25. The molecule has 0 aliphatic heterocycles. The highest BCUT2D eigenvalue weighted by molar-refractivity contribution is 7.89. The fourth-order valence-electron chi connectivity index (χ4n) is 3.25. The van der Waals surface area contributed by atoms with E-state index < -0.39 is 15.9 Å². The lowest BCUT2D eigenvalue weighted by molar-refractivity contribution is 0.0942. The Morgan fingerprint density at radius 2 is 1.78 bits per heavy atom. The molecule has 32 heavy (non-hydrogen) atoms. The van der Waals surface area contributed by atoms with Gasteiger partial charge in [0.05, 0.1) is 21.5 Å². The van der Waals surface area contributed by atoms with Crippen molar-refractivity contribution in [2.45, 2.75) is 17.5 Å². The molecule has 1 atom stereocenters. The molecule has 0 radical (unpaired) electrons. The highest BCUT2D eigenvalue weighted by Gasteiger charge is 2.24. The first-order valence-corrected chi connectivity index (χ1v) is 12.7. The minimum atomic E-state index is -3.80. The third kappa shape index (κ3) is 5.76. The second-order valence-electron chi connectivity index (χ2n) is 7.59. The molecule has 6 nitrogen and oxygen atoms in total. The first-order chi connectivity index (χ1) is 15.2. The molecule has 1 amide bonds. The summed E-state index contributed by atoms with van der Waals surface area (Å²) in [7, 11) is 1.60. The van der Waals surface area contributed by atoms with E-state index in [9.17, 15) is 13.2 Å². The van der Waals surface area contributed by atoms with E-state index in [1.54, 1.807) is 11.3 Å². The van der Waals surface area contributed by atoms with Gasteiger partial charge in [0.25, 0.3) is 5.91 Å². The Morgan fingerprint density at radius 3 is 2.41 bits per heavy atom. The van der Waals surface area contributed by atoms with Crippen molar-refractivity contribution in [2.24, 2.45) is 0 Å². The van der Waals surface area contributed by atoms with Crippen molar-refractivity contribution in [1.29, 1.82) is 0 Å². The number of sulfonamides is 1. The van der Waals surface area contributed by atoms with Crippen molar-refractivity contribution in [3.63, 3.8) is 0 Å². The summed E-state index contributed by atoms with van der Waals surface area (Å²) in [4.78, 5) is 16.1. The summed E-state index contributed by atoms with van der Waals surface area (Å²) in [5.74, 6) is -0.416. The molecule has 1 heterocycles. The molecule has 9 heteroatoms. The minimum Gasteiger partial charge on any atom is -0.350 e. The van der Waals surface area contributed by atoms with Crippen molar-refractivity contribution in [3.8, 4) is 0 Å². The Morgan fingerprint density at radius 1 is 1.06 bits per heavy atom. The van der Waals surface area contributed by atoms with E-state index >= 15 is 0 Å². The maximum absolute atomic E-state index is 13.1. The second-order valence-corrected chi connectivity index (χ2v) is 11.0. The van der Waals surface area contributed by atoms with E-state index in [1.165, 1.54) is 29.6 Å². The van der Waals surface area contributed by atoms with Crippen LogP contribution in [0.4, 0.5) is 0 Å². The lowest BCUT2D eigenvalue weighted by atomic mass is 10.2. The van der Waals surface area contributed by atoms with E-state index in [1.807, 2.05) is 66.8 Å². The Kier molecular flexibility index (Phi) is 8.08. The van der Waals surface area contributed by atoms with Crippen LogP contribution in [0.25, 0.3) is 0 Å². The number of nitrogens with one attached hydrogen (secondary N) is 1. The Balaban J connectivity index is 1.77. The van der Waals surface area contributed by atoms with E-state index in [0.717, 1.165) is 10.4 Å². The normalized spacial score (nSPS) is 12.8. The number of amides is 1. The van der Waals surface area contributed by atoms with Crippen molar-refractivity contribution >= 4 is 38.9 Å². The Hall–Kier alpha value is -2.23. The van der Waals surface area contributed by atoms with Crippen LogP contribution in [-0.2, 0) is 16.6 Å². The molecule has 0 saturated carbocycles. The average Bonchev–Trinajstić information content (AvgIpc) is 3.28. The summed E-state index contributed by atoms with van der Waals surface area (Å²) in [6, 6.07) is 17.5. The zero-order valence-electron chi connectivity index (χ0n) is 18.2. The Labute approximate surface area is 198 Å².